The minimum absolute atomic E-state index is 0.686. The molecule has 0 bridgehead atoms. The molecule has 0 radical (unpaired) electrons. The highest BCUT2D eigenvalue weighted by Crippen LogP contribution is 2.16. The van der Waals surface area contributed by atoms with Crippen LogP contribution in [0.1, 0.15) is 22.2 Å². The molecule has 5 nitrogen and oxygen atoms in total. The lowest BCUT2D eigenvalue weighted by molar-refractivity contribution is 0.810. The number of pyridine rings is 1. The molecule has 0 aliphatic heterocycles. The summed E-state index contributed by atoms with van der Waals surface area (Å²) in [4.78, 5) is 13.5. The maximum atomic E-state index is 4.42. The summed E-state index contributed by atoms with van der Waals surface area (Å²) in [7, 11) is 5.79. The Labute approximate surface area is 142 Å². The number of hydrogen-bond donors (Lipinski definition) is 2. The molecule has 0 aliphatic carbocycles. The van der Waals surface area contributed by atoms with Crippen molar-refractivity contribution in [3.05, 3.63) is 45.8 Å². The monoisotopic (exact) mass is 331 g/mol. The Balaban J connectivity index is 1.90. The highest BCUT2D eigenvalue weighted by Gasteiger charge is 2.06. The van der Waals surface area contributed by atoms with Gasteiger partial charge in [0.1, 0.15) is 5.82 Å². The molecule has 2 aromatic rings. The van der Waals surface area contributed by atoms with Crippen molar-refractivity contribution in [1.29, 1.82) is 0 Å². The number of rotatable bonds is 6. The Kier molecular flexibility index (Phi) is 6.40. The van der Waals surface area contributed by atoms with E-state index < -0.39 is 0 Å². The van der Waals surface area contributed by atoms with Crippen LogP contribution in [-0.2, 0) is 19.5 Å². The SMILES string of the molecule is CCc1ccc(CNC(=NC)NCc2cccnc2N(C)C)s1. The first-order chi connectivity index (χ1) is 11.1. The number of nitrogens with zero attached hydrogens (tertiary/aromatic N) is 3. The van der Waals surface area contributed by atoms with Crippen molar-refractivity contribution in [3.8, 4) is 0 Å². The van der Waals surface area contributed by atoms with E-state index in [9.17, 15) is 0 Å². The van der Waals surface area contributed by atoms with Gasteiger partial charge >= 0.3 is 0 Å². The maximum Gasteiger partial charge on any atom is 0.191 e. The zero-order valence-electron chi connectivity index (χ0n) is 14.3. The number of nitrogens with one attached hydrogen (secondary N) is 2. The first-order valence-corrected chi connectivity index (χ1v) is 8.59. The molecule has 0 aromatic carbocycles. The molecule has 2 N–H and O–H groups in total. The van der Waals surface area contributed by atoms with Gasteiger partial charge in [0.25, 0.3) is 0 Å². The topological polar surface area (TPSA) is 52.6 Å². The predicted molar refractivity (Wildman–Crippen MR) is 99.3 cm³/mol. The van der Waals surface area contributed by atoms with Gasteiger partial charge in [-0.2, -0.15) is 0 Å². The Morgan fingerprint density at radius 1 is 1.17 bits per heavy atom. The van der Waals surface area contributed by atoms with E-state index in [1.54, 1.807) is 7.05 Å². The first kappa shape index (κ1) is 17.3. The van der Waals surface area contributed by atoms with Gasteiger partial charge in [-0.3, -0.25) is 4.99 Å². The van der Waals surface area contributed by atoms with Gasteiger partial charge in [-0.1, -0.05) is 13.0 Å². The smallest absolute Gasteiger partial charge is 0.191 e. The van der Waals surface area contributed by atoms with Crippen LogP contribution in [0.2, 0.25) is 0 Å². The molecule has 2 rings (SSSR count). The van der Waals surface area contributed by atoms with Gasteiger partial charge in [-0.15, -0.1) is 11.3 Å². The zero-order chi connectivity index (χ0) is 16.7. The van der Waals surface area contributed by atoms with E-state index in [-0.39, 0.29) is 0 Å². The molecule has 2 heterocycles. The van der Waals surface area contributed by atoms with E-state index in [1.165, 1.54) is 9.75 Å². The van der Waals surface area contributed by atoms with E-state index in [0.29, 0.717) is 6.54 Å². The normalized spacial score (nSPS) is 11.4. The molecule has 0 aliphatic rings. The van der Waals surface area contributed by atoms with Crippen LogP contribution >= 0.6 is 11.3 Å². The van der Waals surface area contributed by atoms with E-state index >= 15 is 0 Å². The van der Waals surface area contributed by atoms with Crippen LogP contribution in [0.25, 0.3) is 0 Å². The van der Waals surface area contributed by atoms with E-state index in [4.69, 9.17) is 0 Å². The Morgan fingerprint density at radius 3 is 2.57 bits per heavy atom. The molecule has 0 fully saturated rings. The minimum atomic E-state index is 0.686. The highest BCUT2D eigenvalue weighted by atomic mass is 32.1. The molecular formula is C17H25N5S. The summed E-state index contributed by atoms with van der Waals surface area (Å²) in [5.41, 5.74) is 1.14. The third-order valence-electron chi connectivity index (χ3n) is 3.46. The van der Waals surface area contributed by atoms with Gasteiger partial charge in [0.2, 0.25) is 0 Å². The predicted octanol–water partition coefficient (Wildman–Crippen LogP) is 2.64. The molecule has 23 heavy (non-hydrogen) atoms. The van der Waals surface area contributed by atoms with Crippen LogP contribution in [0, 0.1) is 0 Å². The van der Waals surface area contributed by atoms with Gasteiger partial charge in [-0.05, 0) is 24.6 Å². The number of thiophene rings is 1. The number of aliphatic imine (C=N–C) groups is 1. The number of aromatic nitrogens is 1. The summed E-state index contributed by atoms with van der Waals surface area (Å²) in [6.07, 6.45) is 2.90. The summed E-state index contributed by atoms with van der Waals surface area (Å²) in [6, 6.07) is 8.40. The standard InChI is InChI=1S/C17H25N5S/c1-5-14-8-9-15(23-14)12-21-17(18-2)20-11-13-7-6-10-19-16(13)22(3)4/h6-10H,5,11-12H2,1-4H3,(H2,18,20,21). The van der Waals surface area contributed by atoms with Crippen molar-refractivity contribution < 1.29 is 0 Å². The van der Waals surface area contributed by atoms with Crippen LogP contribution in [0.3, 0.4) is 0 Å². The second-order valence-corrected chi connectivity index (χ2v) is 6.63. The molecule has 0 saturated carbocycles. The Hall–Kier alpha value is -2.08. The van der Waals surface area contributed by atoms with Gasteiger partial charge in [0.15, 0.2) is 5.96 Å². The lowest BCUT2D eigenvalue weighted by Crippen LogP contribution is -2.36. The van der Waals surface area contributed by atoms with Gasteiger partial charge in [0.05, 0.1) is 6.54 Å². The van der Waals surface area contributed by atoms with Crippen LogP contribution in [0.4, 0.5) is 5.82 Å². The first-order valence-electron chi connectivity index (χ1n) is 7.77. The molecule has 2 aromatic heterocycles. The van der Waals surface area contributed by atoms with E-state index in [2.05, 4.69) is 45.7 Å². The van der Waals surface area contributed by atoms with Crippen molar-refractivity contribution in [3.63, 3.8) is 0 Å². The van der Waals surface area contributed by atoms with Crippen molar-refractivity contribution in [1.82, 2.24) is 15.6 Å². The van der Waals surface area contributed by atoms with Crippen molar-refractivity contribution in [2.75, 3.05) is 26.0 Å². The number of anilines is 1. The van der Waals surface area contributed by atoms with Crippen LogP contribution in [-0.4, -0.2) is 32.1 Å². The third-order valence-corrected chi connectivity index (χ3v) is 4.69. The molecule has 0 atom stereocenters. The zero-order valence-corrected chi connectivity index (χ0v) is 15.1. The fourth-order valence-electron chi connectivity index (χ4n) is 2.25. The van der Waals surface area contributed by atoms with Gasteiger partial charge in [0, 0.05) is 49.2 Å². The molecule has 6 heteroatoms. The second kappa shape index (κ2) is 8.53. The summed E-state index contributed by atoms with van der Waals surface area (Å²) in [5, 5.41) is 6.71. The van der Waals surface area contributed by atoms with E-state index in [0.717, 1.165) is 30.3 Å². The summed E-state index contributed by atoms with van der Waals surface area (Å²) in [5.74, 6) is 1.77. The lowest BCUT2D eigenvalue weighted by Gasteiger charge is -2.17. The second-order valence-electron chi connectivity index (χ2n) is 5.38. The number of aryl methyl sites for hydroxylation is 1. The quantitative estimate of drug-likeness (QED) is 0.631. The fraction of sp³-hybridized carbons (Fsp3) is 0.412. The van der Waals surface area contributed by atoms with Gasteiger partial charge in [-0.25, -0.2) is 4.98 Å². The van der Waals surface area contributed by atoms with Crippen molar-refractivity contribution >= 4 is 23.1 Å². The molecular weight excluding hydrogens is 306 g/mol. The summed E-state index contributed by atoms with van der Waals surface area (Å²) < 4.78 is 0. The van der Waals surface area contributed by atoms with Crippen molar-refractivity contribution in [2.45, 2.75) is 26.4 Å². The third kappa shape index (κ3) is 4.96. The van der Waals surface area contributed by atoms with E-state index in [1.807, 2.05) is 42.6 Å². The summed E-state index contributed by atoms with van der Waals surface area (Å²) in [6.45, 7) is 3.66. The average molecular weight is 331 g/mol. The Morgan fingerprint density at radius 2 is 1.91 bits per heavy atom. The molecule has 0 saturated heterocycles. The average Bonchev–Trinajstić information content (AvgIpc) is 3.03. The van der Waals surface area contributed by atoms with Crippen LogP contribution in [0.5, 0.6) is 0 Å². The number of guanidine groups is 1. The Bertz CT molecular complexity index is 648. The largest absolute Gasteiger partial charge is 0.362 e. The molecule has 0 amide bonds. The van der Waals surface area contributed by atoms with Gasteiger partial charge < -0.3 is 15.5 Å². The highest BCUT2D eigenvalue weighted by molar-refractivity contribution is 7.11. The van der Waals surface area contributed by atoms with Crippen LogP contribution in [0.15, 0.2) is 35.5 Å². The molecule has 0 spiro atoms. The van der Waals surface area contributed by atoms with Crippen molar-refractivity contribution in [2.24, 2.45) is 4.99 Å². The molecule has 124 valence electrons. The van der Waals surface area contributed by atoms with Crippen LogP contribution < -0.4 is 15.5 Å². The maximum absolute atomic E-state index is 4.42. The lowest BCUT2D eigenvalue weighted by atomic mass is 10.2. The fourth-order valence-corrected chi connectivity index (χ4v) is 3.15. The summed E-state index contributed by atoms with van der Waals surface area (Å²) >= 11 is 1.84. The minimum Gasteiger partial charge on any atom is -0.362 e. The number of hydrogen-bond acceptors (Lipinski definition) is 4. The molecule has 0 unspecified atom stereocenters.